The van der Waals surface area contributed by atoms with Gasteiger partial charge in [-0.15, -0.1) is 0 Å². The van der Waals surface area contributed by atoms with Crippen LogP contribution in [0.25, 0.3) is 0 Å². The number of nitrogens with one attached hydrogen (secondary N) is 1. The Kier molecular flexibility index (Phi) is 9.26. The molecule has 1 atom stereocenters. The Morgan fingerprint density at radius 1 is 1.05 bits per heavy atom. The second-order valence-electron chi connectivity index (χ2n) is 9.23. The van der Waals surface area contributed by atoms with Crippen molar-refractivity contribution in [3.05, 3.63) is 87.9 Å². The van der Waals surface area contributed by atoms with Crippen LogP contribution in [0.1, 0.15) is 16.8 Å². The van der Waals surface area contributed by atoms with E-state index in [1.165, 1.54) is 9.87 Å². The van der Waals surface area contributed by atoms with Crippen LogP contribution < -0.4 is 5.32 Å². The number of hydrogen-bond acceptors (Lipinski definition) is 5. The van der Waals surface area contributed by atoms with Crippen molar-refractivity contribution in [1.29, 1.82) is 0 Å². The van der Waals surface area contributed by atoms with Crippen molar-refractivity contribution in [2.45, 2.75) is 25.4 Å². The van der Waals surface area contributed by atoms with Gasteiger partial charge in [0.25, 0.3) is 0 Å². The van der Waals surface area contributed by atoms with E-state index in [0.29, 0.717) is 49.2 Å². The van der Waals surface area contributed by atoms with Crippen LogP contribution in [0.5, 0.6) is 0 Å². The van der Waals surface area contributed by atoms with Crippen LogP contribution in [0.4, 0.5) is 0 Å². The first-order chi connectivity index (χ1) is 17.7. The fourth-order valence-corrected chi connectivity index (χ4v) is 5.89. The summed E-state index contributed by atoms with van der Waals surface area (Å²) in [6, 6.07) is 14.9. The molecule has 2 aromatic carbocycles. The van der Waals surface area contributed by atoms with Crippen LogP contribution in [0.15, 0.2) is 61.1 Å². The third-order valence-corrected chi connectivity index (χ3v) is 8.55. The first-order valence-corrected chi connectivity index (χ1v) is 14.7. The van der Waals surface area contributed by atoms with E-state index in [-0.39, 0.29) is 5.91 Å². The zero-order valence-corrected chi connectivity index (χ0v) is 23.0. The van der Waals surface area contributed by atoms with Crippen LogP contribution >= 0.6 is 23.2 Å². The monoisotopic (exact) mass is 563 g/mol. The van der Waals surface area contributed by atoms with Crippen LogP contribution in [0.2, 0.25) is 10.0 Å². The molecule has 1 aliphatic rings. The molecule has 1 N–H and O–H groups in total. The number of benzene rings is 2. The Balaban J connectivity index is 1.34. The van der Waals surface area contributed by atoms with Crippen molar-refractivity contribution in [3.63, 3.8) is 0 Å². The maximum Gasteiger partial charge on any atom is 0.239 e. The van der Waals surface area contributed by atoms with E-state index in [9.17, 15) is 13.2 Å². The molecule has 37 heavy (non-hydrogen) atoms. The van der Waals surface area contributed by atoms with E-state index in [0.717, 1.165) is 30.5 Å². The highest BCUT2D eigenvalue weighted by atomic mass is 35.5. The molecule has 0 radical (unpaired) electrons. The number of piperazine rings is 1. The minimum Gasteiger partial charge on any atom is -0.354 e. The summed E-state index contributed by atoms with van der Waals surface area (Å²) in [7, 11) is -3.52. The molecule has 1 aliphatic heterocycles. The van der Waals surface area contributed by atoms with Crippen molar-refractivity contribution in [2.24, 2.45) is 0 Å². The van der Waals surface area contributed by atoms with Crippen molar-refractivity contribution in [1.82, 2.24) is 24.1 Å². The molecule has 0 saturated carbocycles. The molecule has 0 spiro atoms. The van der Waals surface area contributed by atoms with Gasteiger partial charge in [0.05, 0.1) is 22.6 Å². The molecule has 1 saturated heterocycles. The lowest BCUT2D eigenvalue weighted by Gasteiger charge is -2.39. The highest BCUT2D eigenvalue weighted by Crippen LogP contribution is 2.23. The lowest BCUT2D eigenvalue weighted by atomic mass is 10.1. The molecule has 8 nitrogen and oxygen atoms in total. The largest absolute Gasteiger partial charge is 0.354 e. The van der Waals surface area contributed by atoms with Gasteiger partial charge >= 0.3 is 0 Å². The highest BCUT2D eigenvalue weighted by Gasteiger charge is 2.37. The summed E-state index contributed by atoms with van der Waals surface area (Å²) in [6.45, 7) is 2.95. The van der Waals surface area contributed by atoms with Crippen molar-refractivity contribution in [2.75, 3.05) is 39.0 Å². The SMILES string of the molecule is CS(=O)(=O)N1CCN(CCc2ccccc2)CC1C(=O)NCCc1cncn1Cc1ccc(Cl)c(Cl)c1. The summed E-state index contributed by atoms with van der Waals surface area (Å²) in [5.74, 6) is -0.287. The molecule has 1 aromatic heterocycles. The van der Waals surface area contributed by atoms with E-state index in [1.807, 2.05) is 34.9 Å². The Morgan fingerprint density at radius 3 is 2.57 bits per heavy atom. The van der Waals surface area contributed by atoms with Gasteiger partial charge in [0.2, 0.25) is 15.9 Å². The summed E-state index contributed by atoms with van der Waals surface area (Å²) >= 11 is 12.2. The number of halogens is 2. The first-order valence-electron chi connectivity index (χ1n) is 12.1. The third kappa shape index (κ3) is 7.55. The molecular weight excluding hydrogens is 533 g/mol. The van der Waals surface area contributed by atoms with Gasteiger partial charge in [-0.05, 0) is 29.7 Å². The number of sulfonamides is 1. The summed E-state index contributed by atoms with van der Waals surface area (Å²) in [5, 5.41) is 3.94. The Bertz CT molecular complexity index is 1320. The van der Waals surface area contributed by atoms with Gasteiger partial charge in [-0.25, -0.2) is 13.4 Å². The van der Waals surface area contributed by atoms with Crippen LogP contribution in [-0.2, 0) is 34.2 Å². The predicted octanol–water partition coefficient (Wildman–Crippen LogP) is 3.09. The lowest BCUT2D eigenvalue weighted by Crippen LogP contribution is -2.60. The maximum atomic E-state index is 13.2. The van der Waals surface area contributed by atoms with Crippen molar-refractivity contribution in [3.8, 4) is 0 Å². The highest BCUT2D eigenvalue weighted by molar-refractivity contribution is 7.88. The number of imidazole rings is 1. The van der Waals surface area contributed by atoms with Crippen LogP contribution in [0.3, 0.4) is 0 Å². The lowest BCUT2D eigenvalue weighted by molar-refractivity contribution is -0.126. The average molecular weight is 565 g/mol. The smallest absolute Gasteiger partial charge is 0.239 e. The minimum atomic E-state index is -3.52. The van der Waals surface area contributed by atoms with Gasteiger partial charge in [-0.2, -0.15) is 4.31 Å². The topological polar surface area (TPSA) is 87.5 Å². The molecule has 1 fully saturated rings. The van der Waals surface area contributed by atoms with Gasteiger partial charge in [0, 0.05) is 57.6 Å². The molecule has 0 aliphatic carbocycles. The first kappa shape index (κ1) is 27.6. The number of amides is 1. The predicted molar refractivity (Wildman–Crippen MR) is 146 cm³/mol. The van der Waals surface area contributed by atoms with Gasteiger partial charge in [0.1, 0.15) is 6.04 Å². The van der Waals surface area contributed by atoms with Crippen molar-refractivity contribution >= 4 is 39.1 Å². The fraction of sp³-hybridized carbons (Fsp3) is 0.385. The van der Waals surface area contributed by atoms with Gasteiger partial charge in [-0.1, -0.05) is 59.6 Å². The fourth-order valence-electron chi connectivity index (χ4n) is 4.53. The number of carbonyl (C=O) groups excluding carboxylic acids is 1. The van der Waals surface area contributed by atoms with E-state index in [1.54, 1.807) is 18.6 Å². The van der Waals surface area contributed by atoms with E-state index in [4.69, 9.17) is 23.2 Å². The van der Waals surface area contributed by atoms with Crippen LogP contribution in [-0.4, -0.2) is 78.1 Å². The zero-order valence-electron chi connectivity index (χ0n) is 20.7. The summed E-state index contributed by atoms with van der Waals surface area (Å²) in [5.41, 5.74) is 3.14. The second-order valence-corrected chi connectivity index (χ2v) is 12.0. The van der Waals surface area contributed by atoms with E-state index >= 15 is 0 Å². The Labute approximate surface area is 228 Å². The minimum absolute atomic E-state index is 0.287. The number of nitrogens with zero attached hydrogens (tertiary/aromatic N) is 4. The molecule has 11 heteroatoms. The molecular formula is C26H31Cl2N5O3S. The molecule has 3 aromatic rings. The van der Waals surface area contributed by atoms with Gasteiger partial charge in [0.15, 0.2) is 0 Å². The number of carbonyl (C=O) groups is 1. The quantitative estimate of drug-likeness (QED) is 0.409. The standard InChI is InChI=1S/C26H31Cl2N5O3S/c1-37(35,36)33-14-13-31(12-10-20-5-3-2-4-6-20)18-25(33)26(34)30-11-9-22-16-29-19-32(22)17-21-7-8-23(27)24(28)15-21/h2-8,15-16,19,25H,9-14,17-18H2,1H3,(H,30,34). The molecule has 1 amide bonds. The third-order valence-electron chi connectivity index (χ3n) is 6.52. The molecule has 198 valence electrons. The Morgan fingerprint density at radius 2 is 1.84 bits per heavy atom. The molecule has 0 bridgehead atoms. The Hall–Kier alpha value is -2.43. The normalized spacial score (nSPS) is 17.1. The molecule has 1 unspecified atom stereocenters. The van der Waals surface area contributed by atoms with E-state index in [2.05, 4.69) is 27.3 Å². The summed E-state index contributed by atoms with van der Waals surface area (Å²) in [6.07, 6.45) is 6.05. The summed E-state index contributed by atoms with van der Waals surface area (Å²) < 4.78 is 28.1. The van der Waals surface area contributed by atoms with E-state index < -0.39 is 16.1 Å². The number of hydrogen-bond donors (Lipinski definition) is 1. The molecule has 4 rings (SSSR count). The molecule has 2 heterocycles. The second kappa shape index (κ2) is 12.4. The van der Waals surface area contributed by atoms with Crippen LogP contribution in [0, 0.1) is 0 Å². The zero-order chi connectivity index (χ0) is 26.4. The number of rotatable bonds is 10. The van der Waals surface area contributed by atoms with Gasteiger partial charge < -0.3 is 9.88 Å². The average Bonchev–Trinajstić information content (AvgIpc) is 3.31. The summed E-state index contributed by atoms with van der Waals surface area (Å²) in [4.78, 5) is 19.6. The van der Waals surface area contributed by atoms with Gasteiger partial charge in [-0.3, -0.25) is 9.69 Å². The van der Waals surface area contributed by atoms with Crippen molar-refractivity contribution < 1.29 is 13.2 Å². The maximum absolute atomic E-state index is 13.2. The number of aromatic nitrogens is 2.